The quantitative estimate of drug-likeness (QED) is 0.789. The summed E-state index contributed by atoms with van der Waals surface area (Å²) in [6, 6.07) is 1.63. The largest absolute Gasteiger partial charge is 0.316 e. The Balaban J connectivity index is 1.91. The fourth-order valence-electron chi connectivity index (χ4n) is 3.53. The van der Waals surface area contributed by atoms with Gasteiger partial charge in [-0.3, -0.25) is 4.90 Å². The molecule has 4 atom stereocenters. The predicted molar refractivity (Wildman–Crippen MR) is 69.6 cm³/mol. The first-order valence-electron chi connectivity index (χ1n) is 7.15. The van der Waals surface area contributed by atoms with Gasteiger partial charge in [-0.25, -0.2) is 0 Å². The molecule has 16 heavy (non-hydrogen) atoms. The monoisotopic (exact) mass is 224 g/mol. The van der Waals surface area contributed by atoms with Crippen LogP contribution in [-0.2, 0) is 0 Å². The first-order chi connectivity index (χ1) is 7.74. The van der Waals surface area contributed by atoms with Crippen LogP contribution in [0, 0.1) is 11.8 Å². The number of nitrogens with zero attached hydrogens (tertiary/aromatic N) is 1. The van der Waals surface area contributed by atoms with Crippen molar-refractivity contribution in [2.24, 2.45) is 11.8 Å². The molecule has 1 aliphatic carbocycles. The maximum Gasteiger partial charge on any atom is 0.0195 e. The first-order valence-corrected chi connectivity index (χ1v) is 7.15. The Morgan fingerprint density at radius 1 is 1.25 bits per heavy atom. The van der Waals surface area contributed by atoms with Gasteiger partial charge in [-0.2, -0.15) is 0 Å². The fourth-order valence-corrected chi connectivity index (χ4v) is 3.53. The molecule has 0 amide bonds. The number of likely N-dealkylation sites (tertiary alicyclic amines) is 1. The van der Waals surface area contributed by atoms with E-state index in [0.29, 0.717) is 0 Å². The Labute approximate surface area is 101 Å². The van der Waals surface area contributed by atoms with Crippen molar-refractivity contribution in [1.82, 2.24) is 10.2 Å². The van der Waals surface area contributed by atoms with E-state index in [4.69, 9.17) is 0 Å². The van der Waals surface area contributed by atoms with Crippen molar-refractivity contribution in [3.8, 4) is 0 Å². The normalized spacial score (nSPS) is 40.7. The smallest absolute Gasteiger partial charge is 0.0195 e. The first kappa shape index (κ1) is 12.4. The van der Waals surface area contributed by atoms with Crippen LogP contribution in [0.25, 0.3) is 0 Å². The number of nitrogens with one attached hydrogen (secondary N) is 1. The average Bonchev–Trinajstić information content (AvgIpc) is 2.27. The standard InChI is InChI=1S/C14H28N2/c1-4-5-12-8-13(15-3)10-16(9-12)14-7-6-11(14)2/h11-15H,4-10H2,1-3H3. The van der Waals surface area contributed by atoms with E-state index in [1.165, 1.54) is 45.2 Å². The minimum atomic E-state index is 0.734. The average molecular weight is 224 g/mol. The molecule has 0 bridgehead atoms. The van der Waals surface area contributed by atoms with Crippen molar-refractivity contribution < 1.29 is 0 Å². The van der Waals surface area contributed by atoms with E-state index in [-0.39, 0.29) is 0 Å². The van der Waals surface area contributed by atoms with Crippen LogP contribution in [0.5, 0.6) is 0 Å². The van der Waals surface area contributed by atoms with Gasteiger partial charge in [0.25, 0.3) is 0 Å². The number of rotatable bonds is 4. The van der Waals surface area contributed by atoms with Crippen molar-refractivity contribution in [3.63, 3.8) is 0 Å². The van der Waals surface area contributed by atoms with Gasteiger partial charge in [0, 0.05) is 25.2 Å². The van der Waals surface area contributed by atoms with Crippen LogP contribution in [0.2, 0.25) is 0 Å². The van der Waals surface area contributed by atoms with E-state index in [2.05, 4.69) is 31.1 Å². The molecule has 2 rings (SSSR count). The van der Waals surface area contributed by atoms with Crippen molar-refractivity contribution in [3.05, 3.63) is 0 Å². The Kier molecular flexibility index (Phi) is 4.26. The summed E-state index contributed by atoms with van der Waals surface area (Å²) in [5.74, 6) is 1.88. The molecule has 0 radical (unpaired) electrons. The van der Waals surface area contributed by atoms with Crippen LogP contribution < -0.4 is 5.32 Å². The van der Waals surface area contributed by atoms with Crippen molar-refractivity contribution >= 4 is 0 Å². The summed E-state index contributed by atoms with van der Waals surface area (Å²) in [5.41, 5.74) is 0. The second kappa shape index (κ2) is 5.50. The number of likely N-dealkylation sites (N-methyl/N-ethyl adjacent to an activating group) is 1. The third-order valence-corrected chi connectivity index (χ3v) is 4.71. The summed E-state index contributed by atoms with van der Waals surface area (Å²) < 4.78 is 0. The highest BCUT2D eigenvalue weighted by molar-refractivity contribution is 4.92. The minimum absolute atomic E-state index is 0.734. The SMILES string of the molecule is CCCC1CC(NC)CN(C2CCC2C)C1. The summed E-state index contributed by atoms with van der Waals surface area (Å²) in [4.78, 5) is 2.78. The van der Waals surface area contributed by atoms with E-state index in [0.717, 1.165) is 23.9 Å². The molecule has 2 heteroatoms. The van der Waals surface area contributed by atoms with Gasteiger partial charge in [-0.15, -0.1) is 0 Å². The number of piperidine rings is 1. The third-order valence-electron chi connectivity index (χ3n) is 4.71. The lowest BCUT2D eigenvalue weighted by atomic mass is 9.78. The minimum Gasteiger partial charge on any atom is -0.316 e. The summed E-state index contributed by atoms with van der Waals surface area (Å²) in [6.07, 6.45) is 7.03. The van der Waals surface area contributed by atoms with Gasteiger partial charge >= 0.3 is 0 Å². The van der Waals surface area contributed by atoms with Crippen molar-refractivity contribution in [2.45, 2.75) is 58.0 Å². The van der Waals surface area contributed by atoms with Crippen LogP contribution in [0.3, 0.4) is 0 Å². The lowest BCUT2D eigenvalue weighted by molar-refractivity contribution is 0.0223. The lowest BCUT2D eigenvalue weighted by Gasteiger charge is -2.48. The molecule has 1 aliphatic heterocycles. The summed E-state index contributed by atoms with van der Waals surface area (Å²) >= 11 is 0. The molecule has 2 aliphatic rings. The summed E-state index contributed by atoms with van der Waals surface area (Å²) in [5, 5.41) is 3.50. The molecule has 2 nitrogen and oxygen atoms in total. The second-order valence-electron chi connectivity index (χ2n) is 5.95. The van der Waals surface area contributed by atoms with Crippen molar-refractivity contribution in [2.75, 3.05) is 20.1 Å². The number of hydrogen-bond acceptors (Lipinski definition) is 2. The fraction of sp³-hybridized carbons (Fsp3) is 1.00. The predicted octanol–water partition coefficient (Wildman–Crippen LogP) is 2.49. The van der Waals surface area contributed by atoms with Gasteiger partial charge in [0.15, 0.2) is 0 Å². The molecular formula is C14H28N2. The zero-order valence-corrected chi connectivity index (χ0v) is 11.2. The zero-order valence-electron chi connectivity index (χ0n) is 11.2. The van der Waals surface area contributed by atoms with Gasteiger partial charge in [0.2, 0.25) is 0 Å². The molecular weight excluding hydrogens is 196 g/mol. The topological polar surface area (TPSA) is 15.3 Å². The lowest BCUT2D eigenvalue weighted by Crippen LogP contribution is -2.56. The van der Waals surface area contributed by atoms with Gasteiger partial charge in [0.1, 0.15) is 0 Å². The zero-order chi connectivity index (χ0) is 11.5. The van der Waals surface area contributed by atoms with E-state index in [1.54, 1.807) is 0 Å². The highest BCUT2D eigenvalue weighted by Crippen LogP contribution is 2.34. The molecule has 0 aromatic carbocycles. The Morgan fingerprint density at radius 2 is 2.06 bits per heavy atom. The van der Waals surface area contributed by atoms with Gasteiger partial charge in [-0.1, -0.05) is 20.3 Å². The molecule has 2 fully saturated rings. The Hall–Kier alpha value is -0.0800. The second-order valence-corrected chi connectivity index (χ2v) is 5.95. The molecule has 94 valence electrons. The Bertz CT molecular complexity index is 217. The number of hydrogen-bond donors (Lipinski definition) is 1. The summed E-state index contributed by atoms with van der Waals surface area (Å²) in [6.45, 7) is 7.39. The highest BCUT2D eigenvalue weighted by atomic mass is 15.2. The third kappa shape index (κ3) is 2.60. The molecule has 0 aromatic heterocycles. The molecule has 4 unspecified atom stereocenters. The van der Waals surface area contributed by atoms with Gasteiger partial charge in [0.05, 0.1) is 0 Å². The van der Waals surface area contributed by atoms with Crippen LogP contribution in [0.15, 0.2) is 0 Å². The maximum absolute atomic E-state index is 3.50. The molecule has 1 saturated carbocycles. The molecule has 0 aromatic rings. The highest BCUT2D eigenvalue weighted by Gasteiger charge is 2.36. The van der Waals surface area contributed by atoms with E-state index < -0.39 is 0 Å². The van der Waals surface area contributed by atoms with E-state index in [9.17, 15) is 0 Å². The maximum atomic E-state index is 3.50. The van der Waals surface area contributed by atoms with Crippen molar-refractivity contribution in [1.29, 1.82) is 0 Å². The molecule has 0 spiro atoms. The Morgan fingerprint density at radius 3 is 2.56 bits per heavy atom. The van der Waals surface area contributed by atoms with Crippen LogP contribution in [-0.4, -0.2) is 37.1 Å². The van der Waals surface area contributed by atoms with Crippen LogP contribution >= 0.6 is 0 Å². The van der Waals surface area contributed by atoms with Crippen LogP contribution in [0.4, 0.5) is 0 Å². The molecule has 1 heterocycles. The van der Waals surface area contributed by atoms with E-state index >= 15 is 0 Å². The van der Waals surface area contributed by atoms with Crippen LogP contribution in [0.1, 0.15) is 46.0 Å². The van der Waals surface area contributed by atoms with Gasteiger partial charge in [-0.05, 0) is 44.6 Å². The molecule has 1 saturated heterocycles. The summed E-state index contributed by atoms with van der Waals surface area (Å²) in [7, 11) is 2.13. The van der Waals surface area contributed by atoms with Gasteiger partial charge < -0.3 is 5.32 Å². The molecule has 1 N–H and O–H groups in total. The van der Waals surface area contributed by atoms with E-state index in [1.807, 2.05) is 0 Å².